The van der Waals surface area contributed by atoms with Crippen molar-refractivity contribution >= 4 is 112 Å². The number of alkyl halides is 3. The van der Waals surface area contributed by atoms with Gasteiger partial charge in [0.1, 0.15) is 0 Å². The van der Waals surface area contributed by atoms with Crippen molar-refractivity contribution in [2.45, 2.75) is 35.2 Å². The summed E-state index contributed by atoms with van der Waals surface area (Å²) in [6.07, 6.45) is 0.302. The van der Waals surface area contributed by atoms with Gasteiger partial charge in [0.15, 0.2) is 23.1 Å². The lowest BCUT2D eigenvalue weighted by molar-refractivity contribution is 0.0804. The maximum atomic E-state index is 13.3. The largest absolute Gasteiger partial charge is 0.392 e. The Kier molecular flexibility index (Phi) is 23.3. The van der Waals surface area contributed by atoms with Gasteiger partial charge >= 0.3 is 0 Å². The number of aliphatic hydroxyl groups is 1. The van der Waals surface area contributed by atoms with Gasteiger partial charge in [0.25, 0.3) is 0 Å². The lowest BCUT2D eigenvalue weighted by atomic mass is 9.84. The van der Waals surface area contributed by atoms with E-state index in [1.807, 2.05) is 121 Å². The number of hydrogen-bond acceptors (Lipinski definition) is 5. The molecule has 0 amide bonds. The minimum absolute atomic E-state index is 0.0754. The number of halogens is 3. The average molecular weight is 1180 g/mol. The van der Waals surface area contributed by atoms with E-state index in [4.69, 9.17) is 5.11 Å². The second-order valence-corrected chi connectivity index (χ2v) is 21.8. The third-order valence-electron chi connectivity index (χ3n) is 9.62. The van der Waals surface area contributed by atoms with Gasteiger partial charge in [-0.15, -0.1) is 0 Å². The number of fused-ring (bicyclic) bond motifs is 2. The van der Waals surface area contributed by atoms with Crippen molar-refractivity contribution in [3.05, 3.63) is 240 Å². The fraction of sp³-hybridized carbons (Fsp3) is 0.143. The SMILES string of the molecule is CC(I)I.CCI.O=C(CC(=O)c1ccccc1)c1ccccc1.O=C(c1ccccc1)C(Cc1cccc2ccccc12)C(=O)c1ccccc1.OCc1cccc2ccccc12. The molecule has 8 aromatic rings. The minimum Gasteiger partial charge on any atom is -0.392 e. The van der Waals surface area contributed by atoms with Gasteiger partial charge in [0.05, 0.1) is 20.9 Å². The standard InChI is InChI=1S/C26H20O2.C15H12O2.C11H10O.C2H4I2.C2H5I/c27-25(20-11-3-1-4-12-20)24(26(28)21-13-5-2-6-14-21)18-22-16-9-15-19-10-7-8-17-23(19)22;16-14(12-7-3-1-4-8-12)11-15(17)13-9-5-2-6-10-13;12-8-10-6-3-5-9-4-1-2-7-11(9)10;1-2(3)4;1-2-3/h1-17,24H,18H2;1-10H,11H2;1-7,12H,8H2;2H,1H3;2H2,1H3. The van der Waals surface area contributed by atoms with E-state index in [9.17, 15) is 19.2 Å². The summed E-state index contributed by atoms with van der Waals surface area (Å²) >= 11 is 6.95. The molecule has 326 valence electrons. The molecule has 0 aliphatic rings. The maximum absolute atomic E-state index is 13.3. The van der Waals surface area contributed by atoms with Gasteiger partial charge in [-0.2, -0.15) is 0 Å². The first kappa shape index (κ1) is 51.7. The molecular weight excluding hydrogens is 1130 g/mol. The van der Waals surface area contributed by atoms with E-state index in [-0.39, 0.29) is 36.2 Å². The van der Waals surface area contributed by atoms with Gasteiger partial charge in [-0.3, -0.25) is 19.2 Å². The molecule has 0 aliphatic heterocycles. The molecule has 0 radical (unpaired) electrons. The van der Waals surface area contributed by atoms with Crippen LogP contribution < -0.4 is 0 Å². The summed E-state index contributed by atoms with van der Waals surface area (Å²) in [6, 6.07) is 64.0. The van der Waals surface area contributed by atoms with Crippen molar-refractivity contribution in [3.8, 4) is 0 Å². The molecule has 0 aromatic heterocycles. The van der Waals surface area contributed by atoms with E-state index < -0.39 is 5.92 Å². The Balaban J connectivity index is 0.000000211. The number of carbonyl (C=O) groups is 4. The molecule has 8 aromatic carbocycles. The van der Waals surface area contributed by atoms with Crippen LogP contribution in [0.4, 0.5) is 0 Å². The van der Waals surface area contributed by atoms with Gasteiger partial charge in [0.2, 0.25) is 0 Å². The first-order valence-corrected chi connectivity index (χ1v) is 24.8. The summed E-state index contributed by atoms with van der Waals surface area (Å²) in [5.74, 6) is -1.31. The summed E-state index contributed by atoms with van der Waals surface area (Å²) in [4.78, 5) is 50.2. The number of rotatable bonds is 11. The Hall–Kier alpha value is -4.89. The molecule has 0 heterocycles. The van der Waals surface area contributed by atoms with Crippen LogP contribution in [0.25, 0.3) is 21.5 Å². The fourth-order valence-electron chi connectivity index (χ4n) is 6.63. The zero-order chi connectivity index (χ0) is 46.1. The molecule has 0 bridgehead atoms. The van der Waals surface area contributed by atoms with Crippen molar-refractivity contribution in [2.24, 2.45) is 5.92 Å². The molecule has 0 unspecified atom stereocenters. The van der Waals surface area contributed by atoms with Crippen LogP contribution in [0, 0.1) is 5.92 Å². The summed E-state index contributed by atoms with van der Waals surface area (Å²) < 4.78 is 1.99. The van der Waals surface area contributed by atoms with Crippen LogP contribution in [0.5, 0.6) is 0 Å². The Morgan fingerprint density at radius 2 is 0.750 bits per heavy atom. The summed E-state index contributed by atoms with van der Waals surface area (Å²) in [6.45, 7) is 4.36. The number of ketones is 4. The van der Waals surface area contributed by atoms with E-state index in [0.29, 0.717) is 28.7 Å². The Labute approximate surface area is 418 Å². The van der Waals surface area contributed by atoms with Crippen molar-refractivity contribution in [3.63, 3.8) is 0 Å². The third-order valence-corrected chi connectivity index (χ3v) is 9.62. The second kappa shape index (κ2) is 28.8. The number of aliphatic hydroxyl groups excluding tert-OH is 1. The van der Waals surface area contributed by atoms with Crippen LogP contribution in [0.1, 0.15) is 72.8 Å². The topological polar surface area (TPSA) is 88.5 Å². The van der Waals surface area contributed by atoms with Crippen LogP contribution in [-0.2, 0) is 13.0 Å². The molecule has 0 atom stereocenters. The molecule has 64 heavy (non-hydrogen) atoms. The molecule has 8 rings (SSSR count). The first-order valence-electron chi connectivity index (χ1n) is 20.8. The van der Waals surface area contributed by atoms with Gasteiger partial charge in [-0.1, -0.05) is 281 Å². The monoisotopic (exact) mass is 1180 g/mol. The van der Waals surface area contributed by atoms with E-state index in [1.54, 1.807) is 72.8 Å². The number of hydrogen-bond donors (Lipinski definition) is 1. The van der Waals surface area contributed by atoms with Crippen molar-refractivity contribution in [2.75, 3.05) is 4.43 Å². The predicted octanol–water partition coefficient (Wildman–Crippen LogP) is 14.9. The lowest BCUT2D eigenvalue weighted by Crippen LogP contribution is -2.27. The third kappa shape index (κ3) is 16.9. The lowest BCUT2D eigenvalue weighted by Gasteiger charge is -2.17. The highest BCUT2D eigenvalue weighted by Gasteiger charge is 2.29. The van der Waals surface area contributed by atoms with E-state index in [2.05, 4.69) is 93.8 Å². The second-order valence-electron chi connectivity index (χ2n) is 14.2. The summed E-state index contributed by atoms with van der Waals surface area (Å²) in [5, 5.41) is 13.6. The van der Waals surface area contributed by atoms with E-state index in [0.717, 1.165) is 29.2 Å². The predicted molar refractivity (Wildman–Crippen MR) is 291 cm³/mol. The molecule has 0 aliphatic carbocycles. The maximum Gasteiger partial charge on any atom is 0.174 e. The zero-order valence-corrected chi connectivity index (χ0v) is 42.3. The Morgan fingerprint density at radius 1 is 0.453 bits per heavy atom. The average Bonchev–Trinajstić information content (AvgIpc) is 3.34. The van der Waals surface area contributed by atoms with Crippen LogP contribution in [0.2, 0.25) is 0 Å². The molecule has 5 nitrogen and oxygen atoms in total. The summed E-state index contributed by atoms with van der Waals surface area (Å²) in [5.41, 5.74) is 4.30. The van der Waals surface area contributed by atoms with Crippen LogP contribution in [-0.4, -0.2) is 34.6 Å². The van der Waals surface area contributed by atoms with E-state index in [1.165, 1.54) is 9.81 Å². The molecule has 1 N–H and O–H groups in total. The smallest absolute Gasteiger partial charge is 0.174 e. The normalized spacial score (nSPS) is 10.2. The number of Topliss-reactive ketones (excluding diaryl/α,β-unsaturated/α-hetero) is 4. The molecular formula is C56H51I3O5. The molecule has 0 spiro atoms. The first-order chi connectivity index (χ1) is 31.1. The summed E-state index contributed by atoms with van der Waals surface area (Å²) in [7, 11) is 0. The molecule has 8 heteroatoms. The highest BCUT2D eigenvalue weighted by molar-refractivity contribution is 14.2. The van der Waals surface area contributed by atoms with Crippen LogP contribution in [0.3, 0.4) is 0 Å². The molecule has 0 saturated carbocycles. The number of benzene rings is 8. The zero-order valence-electron chi connectivity index (χ0n) is 35.8. The fourth-order valence-corrected chi connectivity index (χ4v) is 6.63. The molecule has 0 saturated heterocycles. The Morgan fingerprint density at radius 3 is 1.12 bits per heavy atom. The van der Waals surface area contributed by atoms with Crippen LogP contribution >= 0.6 is 67.8 Å². The highest BCUT2D eigenvalue weighted by Crippen LogP contribution is 2.26. The number of carbonyl (C=O) groups excluding carboxylic acids is 4. The Bertz CT molecular complexity index is 2540. The van der Waals surface area contributed by atoms with Gasteiger partial charge in [0, 0.05) is 22.3 Å². The van der Waals surface area contributed by atoms with Crippen molar-refractivity contribution in [1.29, 1.82) is 0 Å². The van der Waals surface area contributed by atoms with Gasteiger partial charge in [-0.05, 0) is 50.4 Å². The minimum atomic E-state index is -0.754. The quantitative estimate of drug-likeness (QED) is 0.0603. The van der Waals surface area contributed by atoms with Crippen molar-refractivity contribution in [1.82, 2.24) is 0 Å². The van der Waals surface area contributed by atoms with E-state index >= 15 is 0 Å². The van der Waals surface area contributed by atoms with Crippen LogP contribution in [0.15, 0.2) is 206 Å². The van der Waals surface area contributed by atoms with Gasteiger partial charge < -0.3 is 5.11 Å². The molecule has 0 fully saturated rings. The van der Waals surface area contributed by atoms with Gasteiger partial charge in [-0.25, -0.2) is 0 Å². The van der Waals surface area contributed by atoms with Crippen molar-refractivity contribution < 1.29 is 24.3 Å². The highest BCUT2D eigenvalue weighted by atomic mass is 127.